The molecule has 0 aliphatic heterocycles. The van der Waals surface area contributed by atoms with E-state index in [2.05, 4.69) is 36.4 Å². The molecule has 1 aromatic heterocycles. The Balaban J connectivity index is 1.93. The number of aliphatic hydroxyl groups is 1. The first-order chi connectivity index (χ1) is 10.7. The largest absolute Gasteiger partial charge is 0.466 e. The van der Waals surface area contributed by atoms with Crippen molar-refractivity contribution in [1.82, 2.24) is 10.6 Å². The lowest BCUT2D eigenvalue weighted by Gasteiger charge is -2.59. The summed E-state index contributed by atoms with van der Waals surface area (Å²) in [5.41, 5.74) is -1.25. The minimum absolute atomic E-state index is 0.0110. The Morgan fingerprint density at radius 2 is 2.22 bits per heavy atom. The molecule has 0 saturated heterocycles. The van der Waals surface area contributed by atoms with Gasteiger partial charge in [0.15, 0.2) is 5.96 Å². The van der Waals surface area contributed by atoms with E-state index in [1.165, 1.54) is 0 Å². The molecule has 6 heteroatoms. The Hall–Kier alpha value is -1.53. The zero-order valence-electron chi connectivity index (χ0n) is 14.9. The molecular formula is C17H29N3O3. The van der Waals surface area contributed by atoms with Gasteiger partial charge in [-0.1, -0.05) is 13.8 Å². The summed E-state index contributed by atoms with van der Waals surface area (Å²) in [6.07, 6.45) is 2.46. The van der Waals surface area contributed by atoms with Crippen LogP contribution < -0.4 is 10.6 Å². The topological polar surface area (TPSA) is 79.0 Å². The second-order valence-corrected chi connectivity index (χ2v) is 7.23. The van der Waals surface area contributed by atoms with Crippen molar-refractivity contribution in [2.24, 2.45) is 10.4 Å². The number of hydrogen-bond acceptors (Lipinski definition) is 4. The van der Waals surface area contributed by atoms with Gasteiger partial charge in [0.2, 0.25) is 0 Å². The Bertz CT molecular complexity index is 551. The Kier molecular flexibility index (Phi) is 4.78. The van der Waals surface area contributed by atoms with Gasteiger partial charge >= 0.3 is 0 Å². The molecule has 0 amide bonds. The minimum Gasteiger partial charge on any atom is -0.466 e. The molecule has 1 aliphatic rings. The quantitative estimate of drug-likeness (QED) is 0.569. The zero-order valence-corrected chi connectivity index (χ0v) is 14.9. The molecule has 0 aromatic carbocycles. The molecule has 1 aromatic rings. The second kappa shape index (κ2) is 6.17. The first-order valence-electron chi connectivity index (χ1n) is 7.95. The van der Waals surface area contributed by atoms with Gasteiger partial charge < -0.3 is 24.9 Å². The molecule has 0 bridgehead atoms. The van der Waals surface area contributed by atoms with Crippen LogP contribution in [0.4, 0.5) is 0 Å². The monoisotopic (exact) mass is 323 g/mol. The van der Waals surface area contributed by atoms with E-state index in [0.717, 1.165) is 6.42 Å². The molecule has 0 radical (unpaired) electrons. The van der Waals surface area contributed by atoms with Crippen molar-refractivity contribution in [2.45, 2.75) is 51.4 Å². The van der Waals surface area contributed by atoms with Crippen LogP contribution in [-0.4, -0.2) is 43.4 Å². The number of nitrogens with one attached hydrogen (secondary N) is 2. The molecule has 2 rings (SSSR count). The van der Waals surface area contributed by atoms with Crippen LogP contribution in [0.25, 0.3) is 0 Å². The number of nitrogens with zero attached hydrogens (tertiary/aromatic N) is 1. The van der Waals surface area contributed by atoms with E-state index in [1.54, 1.807) is 39.5 Å². The smallest absolute Gasteiger partial charge is 0.191 e. The molecule has 1 saturated carbocycles. The normalized spacial score (nSPS) is 29.5. The predicted molar refractivity (Wildman–Crippen MR) is 90.4 cm³/mol. The fourth-order valence-corrected chi connectivity index (χ4v) is 3.01. The van der Waals surface area contributed by atoms with E-state index >= 15 is 0 Å². The van der Waals surface area contributed by atoms with Crippen molar-refractivity contribution in [1.29, 1.82) is 0 Å². The summed E-state index contributed by atoms with van der Waals surface area (Å²) in [7, 11) is 3.48. The predicted octanol–water partition coefficient (Wildman–Crippen LogP) is 1.86. The summed E-state index contributed by atoms with van der Waals surface area (Å²) in [4.78, 5) is 4.25. The van der Waals surface area contributed by atoms with Crippen molar-refractivity contribution in [2.75, 3.05) is 20.7 Å². The van der Waals surface area contributed by atoms with Gasteiger partial charge in [0.25, 0.3) is 0 Å². The van der Waals surface area contributed by atoms with Gasteiger partial charge in [-0.25, -0.2) is 0 Å². The summed E-state index contributed by atoms with van der Waals surface area (Å²) in [6, 6.07) is 3.78. The van der Waals surface area contributed by atoms with Crippen LogP contribution in [-0.2, 0) is 10.3 Å². The zero-order chi connectivity index (χ0) is 17.3. The summed E-state index contributed by atoms with van der Waals surface area (Å²) >= 11 is 0. The van der Waals surface area contributed by atoms with Crippen molar-refractivity contribution in [3.63, 3.8) is 0 Å². The third kappa shape index (κ3) is 3.23. The number of rotatable bonds is 5. The fourth-order valence-electron chi connectivity index (χ4n) is 3.01. The second-order valence-electron chi connectivity index (χ2n) is 7.23. The summed E-state index contributed by atoms with van der Waals surface area (Å²) in [5, 5.41) is 17.1. The summed E-state index contributed by atoms with van der Waals surface area (Å²) in [6.45, 7) is 8.51. The van der Waals surface area contributed by atoms with Crippen LogP contribution in [0.1, 0.15) is 39.9 Å². The molecule has 3 N–H and O–H groups in total. The molecule has 6 nitrogen and oxygen atoms in total. The van der Waals surface area contributed by atoms with Crippen LogP contribution in [0, 0.1) is 5.41 Å². The number of ether oxygens (including phenoxy) is 1. The molecule has 3 atom stereocenters. The van der Waals surface area contributed by atoms with Crippen LogP contribution in [0.2, 0.25) is 0 Å². The lowest BCUT2D eigenvalue weighted by atomic mass is 9.56. The van der Waals surface area contributed by atoms with Crippen LogP contribution in [0.15, 0.2) is 27.8 Å². The first-order valence-corrected chi connectivity index (χ1v) is 7.95. The van der Waals surface area contributed by atoms with Crippen molar-refractivity contribution in [3.05, 3.63) is 24.2 Å². The van der Waals surface area contributed by atoms with Crippen molar-refractivity contribution in [3.8, 4) is 0 Å². The molecular weight excluding hydrogens is 294 g/mol. The molecule has 23 heavy (non-hydrogen) atoms. The number of hydrogen-bond donors (Lipinski definition) is 3. The van der Waals surface area contributed by atoms with Gasteiger partial charge in [0.05, 0.1) is 18.4 Å². The van der Waals surface area contributed by atoms with Crippen molar-refractivity contribution >= 4 is 5.96 Å². The van der Waals surface area contributed by atoms with E-state index in [-0.39, 0.29) is 17.1 Å². The fraction of sp³-hybridized carbons (Fsp3) is 0.706. The van der Waals surface area contributed by atoms with Crippen LogP contribution in [0.3, 0.4) is 0 Å². The number of guanidine groups is 1. The lowest BCUT2D eigenvalue weighted by molar-refractivity contribution is -0.176. The highest BCUT2D eigenvalue weighted by Crippen LogP contribution is 2.51. The molecule has 1 heterocycles. The molecule has 0 spiro atoms. The highest BCUT2D eigenvalue weighted by molar-refractivity contribution is 5.80. The number of methoxy groups -OCH3 is 1. The van der Waals surface area contributed by atoms with Crippen LogP contribution in [0.5, 0.6) is 0 Å². The minimum atomic E-state index is -1.10. The summed E-state index contributed by atoms with van der Waals surface area (Å²) < 4.78 is 10.9. The summed E-state index contributed by atoms with van der Waals surface area (Å²) in [5.74, 6) is 1.18. The van der Waals surface area contributed by atoms with Gasteiger partial charge in [-0.05, 0) is 32.4 Å². The third-order valence-corrected chi connectivity index (χ3v) is 5.46. The Labute approximate surface area is 138 Å². The molecule has 1 aliphatic carbocycles. The maximum absolute atomic E-state index is 10.5. The average molecular weight is 323 g/mol. The van der Waals surface area contributed by atoms with E-state index < -0.39 is 5.60 Å². The van der Waals surface area contributed by atoms with Gasteiger partial charge in [-0.15, -0.1) is 0 Å². The highest BCUT2D eigenvalue weighted by atomic mass is 16.5. The maximum Gasteiger partial charge on any atom is 0.191 e. The first kappa shape index (κ1) is 17.8. The maximum atomic E-state index is 10.5. The standard InChI is InChI=1S/C17H29N3O3/c1-15(2)12(10-17(15,4)22-6)20-14(18-5)19-11-16(3,21)13-8-7-9-23-13/h7-9,12,21H,10-11H2,1-6H3,(H2,18,19,20). The van der Waals surface area contributed by atoms with E-state index in [4.69, 9.17) is 9.15 Å². The number of furan rings is 1. The number of aliphatic imine (C=N–C) groups is 1. The van der Waals surface area contributed by atoms with Crippen molar-refractivity contribution < 1.29 is 14.3 Å². The Morgan fingerprint density at radius 1 is 1.52 bits per heavy atom. The molecule has 1 fully saturated rings. The van der Waals surface area contributed by atoms with Gasteiger partial charge in [0.1, 0.15) is 11.4 Å². The Morgan fingerprint density at radius 3 is 2.70 bits per heavy atom. The third-order valence-electron chi connectivity index (χ3n) is 5.46. The average Bonchev–Trinajstić information content (AvgIpc) is 3.05. The molecule has 130 valence electrons. The molecule has 3 unspecified atom stereocenters. The highest BCUT2D eigenvalue weighted by Gasteiger charge is 2.58. The van der Waals surface area contributed by atoms with E-state index in [0.29, 0.717) is 18.3 Å². The van der Waals surface area contributed by atoms with Gasteiger partial charge in [0, 0.05) is 25.6 Å². The van der Waals surface area contributed by atoms with Gasteiger partial charge in [-0.2, -0.15) is 0 Å². The SMILES string of the molecule is CN=C(NCC(C)(O)c1ccco1)NC1CC(C)(OC)C1(C)C. The van der Waals surface area contributed by atoms with E-state index in [9.17, 15) is 5.11 Å². The van der Waals surface area contributed by atoms with E-state index in [1.807, 2.05) is 0 Å². The van der Waals surface area contributed by atoms with Gasteiger partial charge in [-0.3, -0.25) is 4.99 Å². The lowest BCUT2D eigenvalue weighted by Crippen LogP contribution is -2.69. The van der Waals surface area contributed by atoms with Crippen LogP contribution >= 0.6 is 0 Å².